The Hall–Kier alpha value is -4.88. The second-order valence-electron chi connectivity index (χ2n) is 11.2. The quantitative estimate of drug-likeness (QED) is 0.202. The molecular weight excluding hydrogens is 548 g/mol. The number of carbonyl (C=O) groups is 1. The van der Waals surface area contributed by atoms with E-state index in [4.69, 9.17) is 14.6 Å². The first-order valence-corrected chi connectivity index (χ1v) is 15.0. The Morgan fingerprint density at radius 1 is 0.750 bits per heavy atom. The Morgan fingerprint density at radius 2 is 1.41 bits per heavy atom. The lowest BCUT2D eigenvalue weighted by Gasteiger charge is -2.39. The molecule has 1 fully saturated rings. The first kappa shape index (κ1) is 29.2. The van der Waals surface area contributed by atoms with E-state index in [0.717, 1.165) is 35.5 Å². The van der Waals surface area contributed by atoms with Gasteiger partial charge in [0.1, 0.15) is 17.2 Å². The minimum Gasteiger partial charge on any atom is -0.497 e. The number of ether oxygens (including phenoxy) is 2. The van der Waals surface area contributed by atoms with Crippen LogP contribution < -0.4 is 9.47 Å². The van der Waals surface area contributed by atoms with E-state index in [1.807, 2.05) is 36.1 Å². The Balaban J connectivity index is 1.32. The van der Waals surface area contributed by atoms with Crippen LogP contribution in [0.4, 0.5) is 0 Å². The summed E-state index contributed by atoms with van der Waals surface area (Å²) < 4.78 is 12.9. The first-order valence-electron chi connectivity index (χ1n) is 15.0. The molecule has 6 rings (SSSR count). The molecule has 1 amide bonds. The van der Waals surface area contributed by atoms with Crippen molar-refractivity contribution in [3.63, 3.8) is 0 Å². The minimum atomic E-state index is -0.0345. The average molecular weight is 587 g/mol. The molecule has 0 unspecified atom stereocenters. The molecule has 1 aliphatic rings. The number of methoxy groups -OCH3 is 2. The highest BCUT2D eigenvalue weighted by Crippen LogP contribution is 2.35. The Kier molecular flexibility index (Phi) is 8.48. The fraction of sp³-hybridized carbons (Fsp3) is 0.243. The smallest absolute Gasteiger partial charge is 0.272 e. The summed E-state index contributed by atoms with van der Waals surface area (Å²) >= 11 is 0. The molecule has 5 aromatic rings. The number of amides is 1. The van der Waals surface area contributed by atoms with Gasteiger partial charge in [-0.15, -0.1) is 0 Å². The number of piperazine rings is 1. The highest BCUT2D eigenvalue weighted by atomic mass is 16.5. The zero-order valence-corrected chi connectivity index (χ0v) is 25.7. The van der Waals surface area contributed by atoms with Gasteiger partial charge >= 0.3 is 0 Å². The van der Waals surface area contributed by atoms with Crippen molar-refractivity contribution < 1.29 is 14.3 Å². The number of aryl methyl sites for hydroxylation is 2. The number of nitrogens with zero attached hydrogens (tertiary/aromatic N) is 4. The normalized spacial score (nSPS) is 13.7. The maximum Gasteiger partial charge on any atom is 0.272 e. The van der Waals surface area contributed by atoms with Gasteiger partial charge in [0.25, 0.3) is 5.91 Å². The molecule has 4 aromatic carbocycles. The summed E-state index contributed by atoms with van der Waals surface area (Å²) in [5.41, 5.74) is 7.53. The molecule has 1 aliphatic heterocycles. The third-order valence-electron chi connectivity index (χ3n) is 8.40. The van der Waals surface area contributed by atoms with Gasteiger partial charge < -0.3 is 14.4 Å². The van der Waals surface area contributed by atoms with Crippen LogP contribution in [0.5, 0.6) is 11.5 Å². The maximum absolute atomic E-state index is 14.3. The Bertz CT molecular complexity index is 1700. The maximum atomic E-state index is 14.3. The summed E-state index contributed by atoms with van der Waals surface area (Å²) in [6.07, 6.45) is 0. The lowest BCUT2D eigenvalue weighted by atomic mass is 9.96. The molecular formula is C37H38N4O3. The molecule has 0 saturated carbocycles. The van der Waals surface area contributed by atoms with Crippen molar-refractivity contribution in [2.45, 2.75) is 19.9 Å². The van der Waals surface area contributed by atoms with Gasteiger partial charge in [-0.1, -0.05) is 72.8 Å². The van der Waals surface area contributed by atoms with Crippen LogP contribution in [-0.2, 0) is 0 Å². The summed E-state index contributed by atoms with van der Waals surface area (Å²) in [4.78, 5) is 18.7. The van der Waals surface area contributed by atoms with Crippen molar-refractivity contribution >= 4 is 5.91 Å². The standard InChI is InChI=1S/C37H38N4O3/c1-26-15-16-27(2)33(23-26)41-34(25-32(38-41)31-18-17-30(43-3)24-35(31)44-4)37(42)40-21-19-39(20-22-40)36(28-11-7-5-8-12-28)29-13-9-6-10-14-29/h5-18,23-25,36H,19-22H2,1-4H3. The van der Waals surface area contributed by atoms with Crippen LogP contribution in [0.1, 0.15) is 38.8 Å². The fourth-order valence-corrected chi connectivity index (χ4v) is 6.04. The van der Waals surface area contributed by atoms with Crippen molar-refractivity contribution in [3.8, 4) is 28.4 Å². The molecule has 0 bridgehead atoms. The fourth-order valence-electron chi connectivity index (χ4n) is 6.04. The van der Waals surface area contributed by atoms with Crippen LogP contribution in [0.25, 0.3) is 16.9 Å². The summed E-state index contributed by atoms with van der Waals surface area (Å²) in [5, 5.41) is 4.99. The van der Waals surface area contributed by atoms with Gasteiger partial charge in [-0.2, -0.15) is 5.10 Å². The topological polar surface area (TPSA) is 59.8 Å². The van der Waals surface area contributed by atoms with Gasteiger partial charge in [-0.25, -0.2) is 4.68 Å². The second kappa shape index (κ2) is 12.8. The van der Waals surface area contributed by atoms with Crippen LogP contribution in [0, 0.1) is 13.8 Å². The van der Waals surface area contributed by atoms with E-state index in [1.54, 1.807) is 18.9 Å². The lowest BCUT2D eigenvalue weighted by molar-refractivity contribution is 0.0588. The third-order valence-corrected chi connectivity index (χ3v) is 8.40. The van der Waals surface area contributed by atoms with Crippen LogP contribution >= 0.6 is 0 Å². The molecule has 0 radical (unpaired) electrons. The van der Waals surface area contributed by atoms with E-state index in [-0.39, 0.29) is 11.9 Å². The van der Waals surface area contributed by atoms with Gasteiger partial charge in [-0.05, 0) is 60.4 Å². The predicted octanol–water partition coefficient (Wildman–Crippen LogP) is 6.72. The summed E-state index contributed by atoms with van der Waals surface area (Å²) in [6, 6.07) is 35.1. The SMILES string of the molecule is COc1ccc(-c2cc(C(=O)N3CCN(C(c4ccccc4)c4ccccc4)CC3)n(-c3cc(C)ccc3C)n2)c(OC)c1. The number of hydrogen-bond donors (Lipinski definition) is 0. The lowest BCUT2D eigenvalue weighted by Crippen LogP contribution is -2.50. The first-order chi connectivity index (χ1) is 21.5. The number of carbonyl (C=O) groups excluding carboxylic acids is 1. The molecule has 0 aliphatic carbocycles. The zero-order valence-electron chi connectivity index (χ0n) is 25.7. The Labute approximate surface area is 259 Å². The second-order valence-corrected chi connectivity index (χ2v) is 11.2. The van der Waals surface area contributed by atoms with Gasteiger partial charge in [0, 0.05) is 37.8 Å². The van der Waals surface area contributed by atoms with E-state index >= 15 is 0 Å². The van der Waals surface area contributed by atoms with Crippen molar-refractivity contribution in [3.05, 3.63) is 131 Å². The average Bonchev–Trinajstić information content (AvgIpc) is 3.51. The molecule has 44 heavy (non-hydrogen) atoms. The van der Waals surface area contributed by atoms with E-state index in [0.29, 0.717) is 36.0 Å². The summed E-state index contributed by atoms with van der Waals surface area (Å²) in [5.74, 6) is 1.29. The third kappa shape index (κ3) is 5.83. The van der Waals surface area contributed by atoms with Crippen LogP contribution in [0.3, 0.4) is 0 Å². The molecule has 0 spiro atoms. The Morgan fingerprint density at radius 3 is 2.02 bits per heavy atom. The van der Waals surface area contributed by atoms with Gasteiger partial charge in [0.05, 0.1) is 31.6 Å². The summed E-state index contributed by atoms with van der Waals surface area (Å²) in [7, 11) is 3.26. The molecule has 1 saturated heterocycles. The van der Waals surface area contributed by atoms with E-state index in [1.165, 1.54) is 11.1 Å². The number of benzene rings is 4. The molecule has 0 atom stereocenters. The van der Waals surface area contributed by atoms with Crippen LogP contribution in [-0.4, -0.2) is 65.9 Å². The van der Waals surface area contributed by atoms with E-state index < -0.39 is 0 Å². The molecule has 7 heteroatoms. The molecule has 7 nitrogen and oxygen atoms in total. The van der Waals surface area contributed by atoms with Crippen molar-refractivity contribution in [1.82, 2.24) is 19.6 Å². The number of aromatic nitrogens is 2. The predicted molar refractivity (Wildman–Crippen MR) is 174 cm³/mol. The minimum absolute atomic E-state index is 0.0345. The molecule has 0 N–H and O–H groups in total. The van der Waals surface area contributed by atoms with Gasteiger partial charge in [0.2, 0.25) is 0 Å². The monoisotopic (exact) mass is 586 g/mol. The molecule has 2 heterocycles. The van der Waals surface area contributed by atoms with E-state index in [2.05, 4.69) is 90.7 Å². The van der Waals surface area contributed by atoms with Gasteiger partial charge in [0.15, 0.2) is 0 Å². The highest BCUT2D eigenvalue weighted by Gasteiger charge is 2.31. The highest BCUT2D eigenvalue weighted by molar-refractivity contribution is 5.95. The van der Waals surface area contributed by atoms with Crippen molar-refractivity contribution in [1.29, 1.82) is 0 Å². The van der Waals surface area contributed by atoms with Crippen molar-refractivity contribution in [2.75, 3.05) is 40.4 Å². The summed E-state index contributed by atoms with van der Waals surface area (Å²) in [6.45, 7) is 6.86. The van der Waals surface area contributed by atoms with Crippen LogP contribution in [0.15, 0.2) is 103 Å². The van der Waals surface area contributed by atoms with Crippen LogP contribution in [0.2, 0.25) is 0 Å². The van der Waals surface area contributed by atoms with Crippen molar-refractivity contribution in [2.24, 2.45) is 0 Å². The largest absolute Gasteiger partial charge is 0.497 e. The zero-order chi connectivity index (χ0) is 30.6. The molecule has 224 valence electrons. The number of hydrogen-bond acceptors (Lipinski definition) is 5. The van der Waals surface area contributed by atoms with Gasteiger partial charge in [-0.3, -0.25) is 9.69 Å². The number of rotatable bonds is 8. The molecule has 1 aromatic heterocycles. The van der Waals surface area contributed by atoms with E-state index in [9.17, 15) is 4.79 Å².